The first-order valence-corrected chi connectivity index (χ1v) is 44.4. The Morgan fingerprint density at radius 3 is 0.817 bits per heavy atom. The SMILES string of the molecule is CC(=O)C(C)=O.CO[C@@]1(C)O[C@H]2[C@H](O[C@]1(C)CO)[C@H](C)OC[C@@H]2O.CO[C@@]1(C)O[C@H]2[C@H](O[C@]1(C)CO)[C@H](C)OC[C@@H]2OS(=O)(=O)C(F)(F)F.CO[C@@]1(C)O[C@H]2[C@H](O[C@]1(C)CO)[C@H](C)OC[C@H]2C#N.CO[C@@]1(C)O[C@H]2[C@H](O[C@]1(C)CO)[C@H](C)OC[C@H]2O.CO[C@@]1(C)O[C@H]2[C@H](O[C@]1(C)CO)[C@H](C)OC[C@H]2OS(=O)(=O)C(F)(F)F.C[C@@H]1OC[C@@H](O)[C@@H](O)[C@@H]1O.OC1OC[C@@H](O)[C@@H](O)[C@@H]1O. The minimum atomic E-state index is -5.85. The van der Waals surface area contributed by atoms with E-state index in [1.54, 1.807) is 62.3 Å². The van der Waals surface area contributed by atoms with E-state index in [2.05, 4.69) is 19.2 Å². The van der Waals surface area contributed by atoms with Crippen LogP contribution in [0.4, 0.5) is 26.3 Å². The van der Waals surface area contributed by atoms with E-state index in [0.29, 0.717) is 6.61 Å². The quantitative estimate of drug-likeness (QED) is 0.0334. The number of ether oxygens (including phenoxy) is 22. The van der Waals surface area contributed by atoms with Gasteiger partial charge in [-0.05, 0) is 111 Å². The number of hydrogen-bond acceptors (Lipinski definition) is 45. The molecule has 0 aromatic heterocycles. The smallest absolute Gasteiger partial charge is 0.393 e. The Labute approximate surface area is 755 Å². The predicted octanol–water partition coefficient (Wildman–Crippen LogP) is -3.09. The van der Waals surface area contributed by atoms with Crippen LogP contribution >= 0.6 is 0 Å². The molecule has 0 saturated carbocycles. The maximum absolute atomic E-state index is 12.6. The number of methoxy groups -OCH3 is 5. The summed E-state index contributed by atoms with van der Waals surface area (Å²) < 4.78 is 251. The lowest BCUT2D eigenvalue weighted by molar-refractivity contribution is -0.418. The molecule has 0 aromatic rings. The zero-order valence-corrected chi connectivity index (χ0v) is 78.8. The largest absolute Gasteiger partial charge is 0.523 e. The molecule has 12 fully saturated rings. The summed E-state index contributed by atoms with van der Waals surface area (Å²) >= 11 is 0. The molecule has 45 nitrogen and oxygen atoms in total. The van der Waals surface area contributed by atoms with Crippen molar-refractivity contribution in [1.29, 1.82) is 5.26 Å². The average Bonchev–Trinajstić information content (AvgIpc) is 0.724. The first-order chi connectivity index (χ1) is 60.1. The number of nitrogens with zero attached hydrogens (tertiary/aromatic N) is 1. The normalized spacial score (nSPS) is 46.1. The topological polar surface area (TPSA) is 631 Å². The van der Waals surface area contributed by atoms with Gasteiger partial charge in [0.25, 0.3) is 0 Å². The first-order valence-electron chi connectivity index (χ1n) is 41.6. The summed E-state index contributed by atoms with van der Waals surface area (Å²) in [4.78, 5) is 19.6. The Kier molecular flexibility index (Phi) is 42.0. The number of Topliss-reactive ketones (excluding diaryl/α,β-unsaturated/α-hetero) is 2. The Morgan fingerprint density at radius 2 is 0.565 bits per heavy atom. The average molecular weight is 1970 g/mol. The molecule has 0 radical (unpaired) electrons. The standard InChI is InChI=1S/2C13H21F3O8S.C13H21NO5.2C12H22O6.C6H12O4.C5H10O5.C4H6O2/c2*1-7-9-10(23-12(3,20-4)11(2,6-17)22-9)8(5-21-7)24-25(18,19)13(14,15)16;1-8-10-11(9(5-14)6-17-8)19-13(3,16-4)12(2,7-15)18-10;2*1-7-9-10(8(14)5-16-7)18-12(3,15-4)11(2,6-13)17-9;1-3-5(8)6(9)4(7)2-10-3;6-2-1-10-5(9)4(8)3(2)7;1-3(5)4(2)6/h2*7-10,17H,5-6H2,1-4H3;8-11,15H,6-7H2,1-4H3;2*7-10,13-14H,5-6H2,1-4H3;3-9H,2H2,1H3;2-9H,1H2;1-2H3/t7-,8+,9+,10+,11+,12-;7-,8-,9+,10+,11+,12-;8-,9+,10+,11+,12+,13-;7-,8+,9+,10+,11+,12-;7-,8-,9+,10+,11+,12-;3-,4+,5+,6+;2-,3-,4+,5?;/m0000001./s1. The number of ketones is 2. The van der Waals surface area contributed by atoms with E-state index in [0.717, 1.165) is 0 Å². The van der Waals surface area contributed by atoms with Gasteiger partial charge in [-0.3, -0.25) is 18.0 Å². The molecule has 131 heavy (non-hydrogen) atoms. The number of fused-ring (bicyclic) bond motifs is 5. The van der Waals surface area contributed by atoms with Gasteiger partial charge in [-0.15, -0.1) is 0 Å². The van der Waals surface area contributed by atoms with Crippen LogP contribution in [-0.4, -0.2) is 448 Å². The fourth-order valence-electron chi connectivity index (χ4n) is 14.8. The summed E-state index contributed by atoms with van der Waals surface area (Å²) in [6, 6.07) is 2.18. The van der Waals surface area contributed by atoms with Crippen LogP contribution in [0, 0.1) is 17.2 Å². The van der Waals surface area contributed by atoms with Crippen molar-refractivity contribution < 1.29 is 237 Å². The van der Waals surface area contributed by atoms with Crippen molar-refractivity contribution in [3.05, 3.63) is 0 Å². The van der Waals surface area contributed by atoms with Gasteiger partial charge >= 0.3 is 31.3 Å². The second kappa shape index (κ2) is 46.5. The van der Waals surface area contributed by atoms with Crippen molar-refractivity contribution in [2.75, 3.05) is 115 Å². The molecule has 12 rings (SSSR count). The number of rotatable bonds is 15. The molecule has 12 saturated heterocycles. The van der Waals surface area contributed by atoms with Crippen LogP contribution in [0.15, 0.2) is 0 Å². The maximum atomic E-state index is 12.6. The van der Waals surface area contributed by atoms with E-state index in [4.69, 9.17) is 135 Å². The maximum Gasteiger partial charge on any atom is 0.523 e. The highest BCUT2D eigenvalue weighted by atomic mass is 32.2. The lowest BCUT2D eigenvalue weighted by Gasteiger charge is -2.56. The third-order valence-electron chi connectivity index (χ3n) is 25.5. The zero-order chi connectivity index (χ0) is 100. The van der Waals surface area contributed by atoms with Gasteiger partial charge in [0.05, 0.1) is 128 Å². The third-order valence-corrected chi connectivity index (χ3v) is 27.6. The Balaban J connectivity index is 0.000000272. The Morgan fingerprint density at radius 1 is 0.336 bits per heavy atom. The number of alkyl halides is 6. The van der Waals surface area contributed by atoms with E-state index in [1.807, 2.05) is 20.8 Å². The van der Waals surface area contributed by atoms with Crippen LogP contribution in [0.5, 0.6) is 0 Å². The molecule has 0 amide bonds. The number of hydrogen-bond donors (Lipinski definition) is 14. The first kappa shape index (κ1) is 118. The van der Waals surface area contributed by atoms with Crippen molar-refractivity contribution in [1.82, 2.24) is 0 Å². The fourth-order valence-corrected chi connectivity index (χ4v) is 16.0. The highest BCUT2D eigenvalue weighted by Crippen LogP contribution is 2.49. The molecule has 1 unspecified atom stereocenters. The number of halogens is 6. The van der Waals surface area contributed by atoms with Crippen LogP contribution in [0.25, 0.3) is 0 Å². The van der Waals surface area contributed by atoms with Crippen LogP contribution in [0.2, 0.25) is 0 Å². The molecule has 0 aliphatic carbocycles. The highest BCUT2D eigenvalue weighted by molar-refractivity contribution is 7.87. The summed E-state index contributed by atoms with van der Waals surface area (Å²) in [6.45, 7) is 27.1. The summed E-state index contributed by atoms with van der Waals surface area (Å²) in [5.41, 5.74) is -16.9. The molecule has 38 atom stereocenters. The molecular weight excluding hydrogens is 1830 g/mol. The number of aliphatic hydroxyl groups is 14. The molecule has 770 valence electrons. The van der Waals surface area contributed by atoms with Crippen LogP contribution in [-0.2, 0) is 142 Å². The van der Waals surface area contributed by atoms with Gasteiger partial charge in [-0.25, -0.2) is 0 Å². The van der Waals surface area contributed by atoms with Crippen molar-refractivity contribution in [2.45, 2.75) is 358 Å². The summed E-state index contributed by atoms with van der Waals surface area (Å²) in [7, 11) is -4.68. The van der Waals surface area contributed by atoms with E-state index in [-0.39, 0.29) is 76.1 Å². The van der Waals surface area contributed by atoms with E-state index in [1.165, 1.54) is 77.1 Å². The zero-order valence-electron chi connectivity index (χ0n) is 77.2. The number of carbonyl (C=O) groups is 2. The predicted molar refractivity (Wildman–Crippen MR) is 426 cm³/mol. The minimum Gasteiger partial charge on any atom is -0.393 e. The van der Waals surface area contributed by atoms with Crippen LogP contribution in [0.1, 0.15) is 125 Å². The monoisotopic (exact) mass is 1970 g/mol. The van der Waals surface area contributed by atoms with Gasteiger partial charge in [-0.2, -0.15) is 48.4 Å². The Hall–Kier alpha value is -3.21. The van der Waals surface area contributed by atoms with Gasteiger partial charge in [0, 0.05) is 49.4 Å². The third kappa shape index (κ3) is 26.1. The van der Waals surface area contributed by atoms with Gasteiger partial charge in [0.15, 0.2) is 46.8 Å². The van der Waals surface area contributed by atoms with Crippen molar-refractivity contribution in [3.8, 4) is 6.07 Å². The second-order valence-corrected chi connectivity index (χ2v) is 37.7. The molecule has 12 heterocycles. The van der Waals surface area contributed by atoms with Crippen LogP contribution < -0.4 is 0 Å². The van der Waals surface area contributed by atoms with Gasteiger partial charge in [-0.1, -0.05) is 0 Å². The molecule has 0 aromatic carbocycles. The van der Waals surface area contributed by atoms with E-state index >= 15 is 0 Å². The highest BCUT2D eigenvalue weighted by Gasteiger charge is 2.67. The number of carbonyl (C=O) groups excluding carboxylic acids is 2. The van der Waals surface area contributed by atoms with Crippen molar-refractivity contribution in [2.24, 2.45) is 5.92 Å². The Bertz CT molecular complexity index is 3590. The molecule has 0 spiro atoms. The van der Waals surface area contributed by atoms with Gasteiger partial charge in [0.2, 0.25) is 0 Å². The number of aliphatic hydroxyl groups excluding tert-OH is 14. The lowest BCUT2D eigenvalue weighted by Crippen LogP contribution is -2.71. The van der Waals surface area contributed by atoms with Gasteiger partial charge in [0.1, 0.15) is 150 Å². The second-order valence-electron chi connectivity index (χ2n) is 34.6. The molecule has 53 heteroatoms. The molecule has 12 aliphatic rings. The number of nitriles is 1. The summed E-state index contributed by atoms with van der Waals surface area (Å²) in [5.74, 6) is -7.59. The molecule has 0 bridgehead atoms. The summed E-state index contributed by atoms with van der Waals surface area (Å²) in [6.07, 6.45) is -22.2. The molecule has 12 aliphatic heterocycles. The minimum absolute atomic E-state index is 0.0966. The van der Waals surface area contributed by atoms with Crippen molar-refractivity contribution >= 4 is 31.8 Å². The molecule has 14 N–H and O–H groups in total. The lowest BCUT2D eigenvalue weighted by atomic mass is 9.87. The summed E-state index contributed by atoms with van der Waals surface area (Å²) in [5, 5.41) is 139. The van der Waals surface area contributed by atoms with Crippen molar-refractivity contribution in [3.63, 3.8) is 0 Å². The fraction of sp³-hybridized carbons (Fsp3) is 0.962. The van der Waals surface area contributed by atoms with Gasteiger partial charge < -0.3 is 176 Å². The van der Waals surface area contributed by atoms with E-state index in [9.17, 15) is 93.8 Å². The van der Waals surface area contributed by atoms with Crippen LogP contribution in [0.3, 0.4) is 0 Å². The van der Waals surface area contributed by atoms with E-state index < -0.39 is 267 Å². The molecular formula is C78H135F6NO44S2.